The minimum absolute atomic E-state index is 0.239. The zero-order valence-electron chi connectivity index (χ0n) is 16.4. The summed E-state index contributed by atoms with van der Waals surface area (Å²) in [6, 6.07) is 16.2. The molecule has 31 heavy (non-hydrogen) atoms. The van der Waals surface area contributed by atoms with Crippen LogP contribution in [0.2, 0.25) is 0 Å². The van der Waals surface area contributed by atoms with E-state index < -0.39 is 0 Å². The Labute approximate surface area is 182 Å². The van der Waals surface area contributed by atoms with E-state index in [9.17, 15) is 9.59 Å². The zero-order valence-corrected chi connectivity index (χ0v) is 17.2. The molecule has 4 aromatic rings. The van der Waals surface area contributed by atoms with E-state index in [1.807, 2.05) is 30.3 Å². The van der Waals surface area contributed by atoms with E-state index in [0.717, 1.165) is 18.4 Å². The number of thiazole rings is 1. The molecule has 0 radical (unpaired) electrons. The molecule has 2 amide bonds. The van der Waals surface area contributed by atoms with Crippen molar-refractivity contribution in [2.24, 2.45) is 0 Å². The second-order valence-corrected chi connectivity index (χ2v) is 8.09. The van der Waals surface area contributed by atoms with E-state index >= 15 is 0 Å². The third kappa shape index (κ3) is 4.24. The predicted octanol–water partition coefficient (Wildman–Crippen LogP) is 5.18. The van der Waals surface area contributed by atoms with Gasteiger partial charge in [0.2, 0.25) is 5.89 Å². The van der Waals surface area contributed by atoms with Crippen molar-refractivity contribution in [2.45, 2.75) is 18.8 Å². The molecular formula is C23H18N4O3S. The molecule has 2 heterocycles. The van der Waals surface area contributed by atoms with Gasteiger partial charge in [-0.2, -0.15) is 0 Å². The summed E-state index contributed by atoms with van der Waals surface area (Å²) >= 11 is 1.35. The van der Waals surface area contributed by atoms with Crippen molar-refractivity contribution in [3.63, 3.8) is 0 Å². The molecule has 1 fully saturated rings. The molecule has 0 bridgehead atoms. The molecule has 7 nitrogen and oxygen atoms in total. The summed E-state index contributed by atoms with van der Waals surface area (Å²) in [6.45, 7) is 0. The predicted molar refractivity (Wildman–Crippen MR) is 118 cm³/mol. The minimum Gasteiger partial charge on any atom is -0.440 e. The van der Waals surface area contributed by atoms with Crippen molar-refractivity contribution in [1.29, 1.82) is 0 Å². The summed E-state index contributed by atoms with van der Waals surface area (Å²) in [5.74, 6) is 0.737. The number of nitrogens with one attached hydrogen (secondary N) is 2. The van der Waals surface area contributed by atoms with Crippen molar-refractivity contribution in [3.05, 3.63) is 83.2 Å². The van der Waals surface area contributed by atoms with Gasteiger partial charge in [0.1, 0.15) is 5.76 Å². The Morgan fingerprint density at radius 2 is 1.74 bits per heavy atom. The van der Waals surface area contributed by atoms with Crippen molar-refractivity contribution in [1.82, 2.24) is 9.97 Å². The Morgan fingerprint density at radius 1 is 0.968 bits per heavy atom. The second kappa shape index (κ2) is 8.16. The molecule has 1 aliphatic rings. The maximum Gasteiger partial charge on any atom is 0.277 e. The summed E-state index contributed by atoms with van der Waals surface area (Å²) in [7, 11) is 0. The number of oxazole rings is 1. The lowest BCUT2D eigenvalue weighted by Crippen LogP contribution is -2.15. The SMILES string of the molecule is O=C(Nc1nccs1)c1ccc(NC(=O)c2nc(-c3ccccc3)oc2C2CC2)cc1. The first-order valence-corrected chi connectivity index (χ1v) is 10.7. The molecule has 2 N–H and O–H groups in total. The summed E-state index contributed by atoms with van der Waals surface area (Å²) in [5, 5.41) is 7.91. The lowest BCUT2D eigenvalue weighted by molar-refractivity contribution is 0.101. The molecule has 0 atom stereocenters. The highest BCUT2D eigenvalue weighted by atomic mass is 32.1. The minimum atomic E-state index is -0.326. The van der Waals surface area contributed by atoms with Gasteiger partial charge in [-0.1, -0.05) is 18.2 Å². The molecule has 0 aliphatic heterocycles. The highest BCUT2D eigenvalue weighted by Crippen LogP contribution is 2.43. The van der Waals surface area contributed by atoms with Crippen LogP contribution in [0.25, 0.3) is 11.5 Å². The van der Waals surface area contributed by atoms with E-state index in [1.165, 1.54) is 11.3 Å². The molecule has 0 spiro atoms. The molecule has 0 unspecified atom stereocenters. The smallest absolute Gasteiger partial charge is 0.277 e. The molecule has 2 aromatic heterocycles. The number of rotatable bonds is 6. The highest BCUT2D eigenvalue weighted by Gasteiger charge is 2.34. The van der Waals surface area contributed by atoms with Crippen LogP contribution in [-0.4, -0.2) is 21.8 Å². The van der Waals surface area contributed by atoms with Crippen LogP contribution in [0.5, 0.6) is 0 Å². The Balaban J connectivity index is 1.32. The average Bonchev–Trinajstić information content (AvgIpc) is 3.32. The van der Waals surface area contributed by atoms with Crippen LogP contribution in [0.4, 0.5) is 10.8 Å². The van der Waals surface area contributed by atoms with E-state index in [0.29, 0.717) is 33.7 Å². The van der Waals surface area contributed by atoms with Crippen molar-refractivity contribution in [3.8, 4) is 11.5 Å². The number of amides is 2. The zero-order chi connectivity index (χ0) is 21.2. The molecule has 5 rings (SSSR count). The quantitative estimate of drug-likeness (QED) is 0.439. The van der Waals surface area contributed by atoms with Crippen LogP contribution in [0.15, 0.2) is 70.6 Å². The lowest BCUT2D eigenvalue weighted by atomic mass is 10.2. The summed E-state index contributed by atoms with van der Waals surface area (Å²) in [6.07, 6.45) is 3.61. The fraction of sp³-hybridized carbons (Fsp3) is 0.130. The van der Waals surface area contributed by atoms with Gasteiger partial charge in [0.05, 0.1) is 0 Å². The molecular weight excluding hydrogens is 412 g/mol. The third-order valence-electron chi connectivity index (χ3n) is 4.90. The number of carbonyl (C=O) groups excluding carboxylic acids is 2. The fourth-order valence-electron chi connectivity index (χ4n) is 3.17. The Kier molecular flexibility index (Phi) is 5.05. The van der Waals surface area contributed by atoms with Gasteiger partial charge < -0.3 is 9.73 Å². The van der Waals surface area contributed by atoms with Crippen LogP contribution in [0, 0.1) is 0 Å². The fourth-order valence-corrected chi connectivity index (χ4v) is 3.69. The number of hydrogen-bond acceptors (Lipinski definition) is 6. The van der Waals surface area contributed by atoms with Crippen LogP contribution in [-0.2, 0) is 0 Å². The summed E-state index contributed by atoms with van der Waals surface area (Å²) < 4.78 is 5.95. The first-order chi connectivity index (χ1) is 15.2. The molecule has 1 aliphatic carbocycles. The van der Waals surface area contributed by atoms with Gasteiger partial charge in [-0.05, 0) is 49.2 Å². The topological polar surface area (TPSA) is 97.1 Å². The maximum absolute atomic E-state index is 12.9. The number of aromatic nitrogens is 2. The second-order valence-electron chi connectivity index (χ2n) is 7.20. The van der Waals surface area contributed by atoms with E-state index in [-0.39, 0.29) is 17.7 Å². The monoisotopic (exact) mass is 430 g/mol. The van der Waals surface area contributed by atoms with Gasteiger partial charge in [0.25, 0.3) is 11.8 Å². The van der Waals surface area contributed by atoms with Crippen molar-refractivity contribution in [2.75, 3.05) is 10.6 Å². The third-order valence-corrected chi connectivity index (χ3v) is 5.58. The van der Waals surface area contributed by atoms with Gasteiger partial charge >= 0.3 is 0 Å². The first-order valence-electron chi connectivity index (χ1n) is 9.86. The van der Waals surface area contributed by atoms with Crippen molar-refractivity contribution >= 4 is 34.0 Å². The standard InChI is InChI=1S/C23H18N4O3S/c28-20(27-23-24-12-13-31-23)15-8-10-17(11-9-15)25-21(29)18-19(14-6-7-14)30-22(26-18)16-4-2-1-3-5-16/h1-5,8-14H,6-7H2,(H,25,29)(H,24,27,28). The Bertz CT molecular complexity index is 1210. The van der Waals surface area contributed by atoms with Crippen LogP contribution in [0.1, 0.15) is 45.4 Å². The van der Waals surface area contributed by atoms with E-state index in [1.54, 1.807) is 35.8 Å². The van der Waals surface area contributed by atoms with Gasteiger partial charge in [0, 0.05) is 34.3 Å². The van der Waals surface area contributed by atoms with Gasteiger partial charge in [-0.25, -0.2) is 9.97 Å². The number of hydrogen-bond donors (Lipinski definition) is 2. The molecule has 154 valence electrons. The van der Waals surface area contributed by atoms with Crippen LogP contribution in [0.3, 0.4) is 0 Å². The van der Waals surface area contributed by atoms with E-state index in [2.05, 4.69) is 20.6 Å². The van der Waals surface area contributed by atoms with Gasteiger partial charge in [-0.15, -0.1) is 11.3 Å². The number of carbonyl (C=O) groups is 2. The number of nitrogens with zero attached hydrogens (tertiary/aromatic N) is 2. The molecule has 0 saturated heterocycles. The Hall–Kier alpha value is -3.78. The van der Waals surface area contributed by atoms with Gasteiger partial charge in [0.15, 0.2) is 10.8 Å². The van der Waals surface area contributed by atoms with Crippen LogP contribution < -0.4 is 10.6 Å². The molecule has 1 saturated carbocycles. The summed E-state index contributed by atoms with van der Waals surface area (Å²) in [5.41, 5.74) is 2.19. The maximum atomic E-state index is 12.9. The lowest BCUT2D eigenvalue weighted by Gasteiger charge is -2.06. The highest BCUT2D eigenvalue weighted by molar-refractivity contribution is 7.13. The molecule has 8 heteroatoms. The van der Waals surface area contributed by atoms with E-state index in [4.69, 9.17) is 4.42 Å². The Morgan fingerprint density at radius 3 is 2.42 bits per heavy atom. The largest absolute Gasteiger partial charge is 0.440 e. The number of anilines is 2. The number of benzene rings is 2. The summed E-state index contributed by atoms with van der Waals surface area (Å²) in [4.78, 5) is 33.7. The normalized spacial score (nSPS) is 13.0. The van der Waals surface area contributed by atoms with Crippen LogP contribution >= 0.6 is 11.3 Å². The average molecular weight is 430 g/mol. The van der Waals surface area contributed by atoms with Crippen molar-refractivity contribution < 1.29 is 14.0 Å². The van der Waals surface area contributed by atoms with Gasteiger partial charge in [-0.3, -0.25) is 14.9 Å². The first kappa shape index (κ1) is 19.2. The molecule has 2 aromatic carbocycles.